The number of halogens is 2. The van der Waals surface area contributed by atoms with Crippen molar-refractivity contribution in [2.24, 2.45) is 11.8 Å². The molecule has 1 aromatic carbocycles. The molecule has 3 rings (SSSR count). The van der Waals surface area contributed by atoms with Crippen molar-refractivity contribution >= 4 is 28.3 Å². The molecule has 2 saturated heterocycles. The molecule has 0 aliphatic carbocycles. The standard InChI is InChI=1S/C17H24FN3O3S.ClH/c1-13(14-11-19-12-14)17(22)20-7-2-8-21(10-9-20)25(23,24)16-5-3-15(18)4-6-16;/h3-6,13-14,19H,2,7-12H2,1H3;1H. The molecule has 6 nitrogen and oxygen atoms in total. The number of carbonyl (C=O) groups is 1. The Kier molecular flexibility index (Phi) is 7.01. The Labute approximate surface area is 160 Å². The first-order chi connectivity index (χ1) is 11.9. The number of hydrogen-bond donors (Lipinski definition) is 1. The Hall–Kier alpha value is -1.22. The summed E-state index contributed by atoms with van der Waals surface area (Å²) in [4.78, 5) is 14.5. The van der Waals surface area contributed by atoms with E-state index in [0.717, 1.165) is 25.2 Å². The van der Waals surface area contributed by atoms with E-state index in [1.807, 2.05) is 6.92 Å². The van der Waals surface area contributed by atoms with Crippen LogP contribution in [-0.2, 0) is 14.8 Å². The molecule has 2 aliphatic rings. The van der Waals surface area contributed by atoms with Gasteiger partial charge in [-0.2, -0.15) is 4.31 Å². The second kappa shape index (κ2) is 8.65. The molecule has 1 N–H and O–H groups in total. The van der Waals surface area contributed by atoms with E-state index in [0.29, 0.717) is 32.0 Å². The van der Waals surface area contributed by atoms with Gasteiger partial charge in [0, 0.05) is 32.1 Å². The van der Waals surface area contributed by atoms with Crippen molar-refractivity contribution < 1.29 is 17.6 Å². The summed E-state index contributed by atoms with van der Waals surface area (Å²) in [5, 5.41) is 3.18. The Morgan fingerprint density at radius 2 is 1.81 bits per heavy atom. The van der Waals surface area contributed by atoms with Crippen LogP contribution in [0, 0.1) is 17.7 Å². The van der Waals surface area contributed by atoms with Crippen molar-refractivity contribution in [1.82, 2.24) is 14.5 Å². The van der Waals surface area contributed by atoms with Crippen molar-refractivity contribution in [1.29, 1.82) is 0 Å². The average Bonchev–Trinajstić information content (AvgIpc) is 2.79. The fraction of sp³-hybridized carbons (Fsp3) is 0.588. The molecule has 1 amide bonds. The van der Waals surface area contributed by atoms with Gasteiger partial charge in [-0.05, 0) is 49.7 Å². The maximum Gasteiger partial charge on any atom is 0.243 e. The lowest BCUT2D eigenvalue weighted by molar-refractivity contribution is -0.137. The summed E-state index contributed by atoms with van der Waals surface area (Å²) in [5.74, 6) is -0.0325. The van der Waals surface area contributed by atoms with E-state index in [1.165, 1.54) is 16.4 Å². The van der Waals surface area contributed by atoms with E-state index < -0.39 is 15.8 Å². The number of rotatable bonds is 4. The molecule has 1 atom stereocenters. The van der Waals surface area contributed by atoms with E-state index in [2.05, 4.69) is 5.32 Å². The largest absolute Gasteiger partial charge is 0.341 e. The van der Waals surface area contributed by atoms with Crippen molar-refractivity contribution in [2.45, 2.75) is 18.2 Å². The molecule has 1 aromatic rings. The molecule has 9 heteroatoms. The lowest BCUT2D eigenvalue weighted by Gasteiger charge is -2.34. The first-order valence-corrected chi connectivity index (χ1v) is 10.1. The SMILES string of the molecule is CC(C(=O)N1CCCN(S(=O)(=O)c2ccc(F)cc2)CC1)C1CNC1.Cl. The zero-order valence-electron chi connectivity index (χ0n) is 14.7. The van der Waals surface area contributed by atoms with Crippen LogP contribution in [0.3, 0.4) is 0 Å². The summed E-state index contributed by atoms with van der Waals surface area (Å²) in [6.45, 7) is 5.27. The molecular weight excluding hydrogens is 381 g/mol. The highest BCUT2D eigenvalue weighted by Crippen LogP contribution is 2.21. The summed E-state index contributed by atoms with van der Waals surface area (Å²) < 4.78 is 39.9. The Balaban J connectivity index is 0.00000243. The van der Waals surface area contributed by atoms with Crippen molar-refractivity contribution in [3.05, 3.63) is 30.1 Å². The van der Waals surface area contributed by atoms with E-state index in [1.54, 1.807) is 4.90 Å². The number of amides is 1. The number of nitrogens with zero attached hydrogens (tertiary/aromatic N) is 2. The number of carbonyl (C=O) groups excluding carboxylic acids is 1. The monoisotopic (exact) mass is 405 g/mol. The van der Waals surface area contributed by atoms with Gasteiger partial charge in [0.2, 0.25) is 15.9 Å². The summed E-state index contributed by atoms with van der Waals surface area (Å²) in [5.41, 5.74) is 0. The van der Waals surface area contributed by atoms with Crippen LogP contribution in [-0.4, -0.2) is 62.8 Å². The van der Waals surface area contributed by atoms with Gasteiger partial charge in [0.15, 0.2) is 0 Å². The van der Waals surface area contributed by atoms with Crippen LogP contribution in [0.2, 0.25) is 0 Å². The van der Waals surface area contributed by atoms with Crippen molar-refractivity contribution in [2.75, 3.05) is 39.3 Å². The highest BCUT2D eigenvalue weighted by atomic mass is 35.5. The van der Waals surface area contributed by atoms with Gasteiger partial charge in [0.25, 0.3) is 0 Å². The third-order valence-electron chi connectivity index (χ3n) is 5.13. The van der Waals surface area contributed by atoms with Gasteiger partial charge >= 0.3 is 0 Å². The molecular formula is C17H25ClFN3O3S. The number of sulfonamides is 1. The second-order valence-electron chi connectivity index (χ2n) is 6.74. The second-order valence-corrected chi connectivity index (χ2v) is 8.68. The minimum Gasteiger partial charge on any atom is -0.341 e. The summed E-state index contributed by atoms with van der Waals surface area (Å²) in [7, 11) is -3.66. The first kappa shape index (κ1) is 21.1. The van der Waals surface area contributed by atoms with Crippen LogP contribution in [0.15, 0.2) is 29.2 Å². The summed E-state index contributed by atoms with van der Waals surface area (Å²) in [6, 6.07) is 4.86. The maximum absolute atomic E-state index is 13.0. The number of nitrogens with one attached hydrogen (secondary N) is 1. The van der Waals surface area contributed by atoms with E-state index in [-0.39, 0.29) is 35.7 Å². The minimum absolute atomic E-state index is 0. The molecule has 0 spiro atoms. The van der Waals surface area contributed by atoms with E-state index in [4.69, 9.17) is 0 Å². The topological polar surface area (TPSA) is 69.7 Å². The minimum atomic E-state index is -3.66. The molecule has 0 bridgehead atoms. The molecule has 2 heterocycles. The summed E-state index contributed by atoms with van der Waals surface area (Å²) in [6.07, 6.45) is 0.599. The van der Waals surface area contributed by atoms with Crippen LogP contribution >= 0.6 is 12.4 Å². The Morgan fingerprint density at radius 1 is 1.15 bits per heavy atom. The van der Waals surface area contributed by atoms with Gasteiger partial charge in [-0.1, -0.05) is 6.92 Å². The average molecular weight is 406 g/mol. The zero-order chi connectivity index (χ0) is 18.0. The lowest BCUT2D eigenvalue weighted by Crippen LogP contribution is -2.51. The quantitative estimate of drug-likeness (QED) is 0.820. The molecule has 0 aromatic heterocycles. The van der Waals surface area contributed by atoms with Crippen molar-refractivity contribution in [3.8, 4) is 0 Å². The molecule has 2 fully saturated rings. The molecule has 2 aliphatic heterocycles. The van der Waals surface area contributed by atoms with Crippen LogP contribution in [0.1, 0.15) is 13.3 Å². The molecule has 26 heavy (non-hydrogen) atoms. The van der Waals surface area contributed by atoms with Gasteiger partial charge < -0.3 is 10.2 Å². The molecule has 0 saturated carbocycles. The van der Waals surface area contributed by atoms with Crippen LogP contribution in [0.4, 0.5) is 4.39 Å². The fourth-order valence-corrected chi connectivity index (χ4v) is 4.73. The van der Waals surface area contributed by atoms with Gasteiger partial charge in [-0.3, -0.25) is 4.79 Å². The van der Waals surface area contributed by atoms with E-state index >= 15 is 0 Å². The van der Waals surface area contributed by atoms with E-state index in [9.17, 15) is 17.6 Å². The Morgan fingerprint density at radius 3 is 2.38 bits per heavy atom. The van der Waals surface area contributed by atoms with Crippen LogP contribution in [0.25, 0.3) is 0 Å². The van der Waals surface area contributed by atoms with Gasteiger partial charge in [0.1, 0.15) is 5.82 Å². The predicted octanol–water partition coefficient (Wildman–Crippen LogP) is 1.33. The van der Waals surface area contributed by atoms with Gasteiger partial charge in [0.05, 0.1) is 4.90 Å². The first-order valence-electron chi connectivity index (χ1n) is 8.65. The van der Waals surface area contributed by atoms with Crippen molar-refractivity contribution in [3.63, 3.8) is 0 Å². The molecule has 146 valence electrons. The molecule has 1 unspecified atom stereocenters. The number of hydrogen-bond acceptors (Lipinski definition) is 4. The maximum atomic E-state index is 13.0. The van der Waals surface area contributed by atoms with Crippen LogP contribution in [0.5, 0.6) is 0 Å². The predicted molar refractivity (Wildman–Crippen MR) is 99.1 cm³/mol. The highest BCUT2D eigenvalue weighted by Gasteiger charge is 2.33. The smallest absolute Gasteiger partial charge is 0.243 e. The fourth-order valence-electron chi connectivity index (χ4n) is 3.26. The summed E-state index contributed by atoms with van der Waals surface area (Å²) >= 11 is 0. The van der Waals surface area contributed by atoms with Crippen LogP contribution < -0.4 is 5.32 Å². The van der Waals surface area contributed by atoms with Gasteiger partial charge in [-0.25, -0.2) is 12.8 Å². The third kappa shape index (κ3) is 4.36. The Bertz CT molecular complexity index is 725. The highest BCUT2D eigenvalue weighted by molar-refractivity contribution is 7.89. The lowest BCUT2D eigenvalue weighted by atomic mass is 9.88. The molecule has 0 radical (unpaired) electrons. The third-order valence-corrected chi connectivity index (χ3v) is 7.04. The normalized spacial score (nSPS) is 20.6. The van der Waals surface area contributed by atoms with Gasteiger partial charge in [-0.15, -0.1) is 12.4 Å². The zero-order valence-corrected chi connectivity index (χ0v) is 16.4. The number of benzene rings is 1.